The van der Waals surface area contributed by atoms with Crippen LogP contribution >= 0.6 is 0 Å². The van der Waals surface area contributed by atoms with Crippen molar-refractivity contribution < 1.29 is 24.2 Å². The molecule has 0 saturated carbocycles. The summed E-state index contributed by atoms with van der Waals surface area (Å²) < 4.78 is 10.9. The second-order valence-corrected chi connectivity index (χ2v) is 4.12. The molecular formula is C15H18O5. The van der Waals surface area contributed by atoms with Crippen LogP contribution in [0.4, 0.5) is 0 Å². The number of hydrogen-bond donors (Lipinski definition) is 1. The smallest absolute Gasteiger partial charge is 0.303 e. The molecule has 1 aromatic carbocycles. The summed E-state index contributed by atoms with van der Waals surface area (Å²) in [6, 6.07) is 4.95. The molecule has 0 aliphatic heterocycles. The quantitative estimate of drug-likeness (QED) is 0.404. The molecule has 0 amide bonds. The zero-order valence-electron chi connectivity index (χ0n) is 11.2. The van der Waals surface area contributed by atoms with E-state index >= 15 is 0 Å². The van der Waals surface area contributed by atoms with E-state index in [2.05, 4.69) is 6.58 Å². The van der Waals surface area contributed by atoms with Gasteiger partial charge in [-0.25, -0.2) is 0 Å². The van der Waals surface area contributed by atoms with Crippen molar-refractivity contribution >= 4 is 12.3 Å². The maximum Gasteiger partial charge on any atom is 0.303 e. The highest BCUT2D eigenvalue weighted by atomic mass is 16.5. The highest BCUT2D eigenvalue weighted by Crippen LogP contribution is 2.24. The average Bonchev–Trinajstić information content (AvgIpc) is 2.44. The minimum atomic E-state index is -0.805. The van der Waals surface area contributed by atoms with E-state index in [4.69, 9.17) is 14.6 Å². The molecule has 0 aliphatic rings. The van der Waals surface area contributed by atoms with Crippen LogP contribution in [0.2, 0.25) is 0 Å². The van der Waals surface area contributed by atoms with Gasteiger partial charge in [-0.2, -0.15) is 0 Å². The third kappa shape index (κ3) is 5.56. The molecule has 0 saturated heterocycles. The van der Waals surface area contributed by atoms with Gasteiger partial charge < -0.3 is 14.6 Å². The van der Waals surface area contributed by atoms with Crippen molar-refractivity contribution in [2.75, 3.05) is 13.2 Å². The zero-order chi connectivity index (χ0) is 14.8. The Morgan fingerprint density at radius 3 is 2.75 bits per heavy atom. The van der Waals surface area contributed by atoms with Crippen molar-refractivity contribution in [3.05, 3.63) is 36.4 Å². The van der Waals surface area contributed by atoms with Crippen molar-refractivity contribution in [2.24, 2.45) is 0 Å². The molecule has 0 atom stereocenters. The zero-order valence-corrected chi connectivity index (χ0v) is 11.2. The number of carboxylic acid groups (broad SMARTS) is 1. The fourth-order valence-corrected chi connectivity index (χ4v) is 1.54. The van der Waals surface area contributed by atoms with Crippen LogP contribution in [-0.2, 0) is 4.79 Å². The second-order valence-electron chi connectivity index (χ2n) is 4.12. The van der Waals surface area contributed by atoms with E-state index in [1.807, 2.05) is 0 Å². The Morgan fingerprint density at radius 1 is 1.30 bits per heavy atom. The fourth-order valence-electron chi connectivity index (χ4n) is 1.54. The summed E-state index contributed by atoms with van der Waals surface area (Å²) in [6.45, 7) is 4.28. The van der Waals surface area contributed by atoms with Gasteiger partial charge in [0.15, 0.2) is 6.29 Å². The molecule has 1 N–H and O–H groups in total. The van der Waals surface area contributed by atoms with Gasteiger partial charge in [-0.15, -0.1) is 0 Å². The first-order chi connectivity index (χ1) is 9.67. The minimum absolute atomic E-state index is 0.140. The van der Waals surface area contributed by atoms with Crippen LogP contribution in [0.25, 0.3) is 0 Å². The Bertz CT molecular complexity index is 467. The number of hydrogen-bond acceptors (Lipinski definition) is 4. The van der Waals surface area contributed by atoms with Gasteiger partial charge in [0.2, 0.25) is 0 Å². The summed E-state index contributed by atoms with van der Waals surface area (Å²) in [7, 11) is 0. The predicted octanol–water partition coefficient (Wildman–Crippen LogP) is 2.70. The number of aldehydes is 1. The van der Waals surface area contributed by atoms with Crippen LogP contribution in [0.5, 0.6) is 11.5 Å². The van der Waals surface area contributed by atoms with Crippen LogP contribution < -0.4 is 9.47 Å². The van der Waals surface area contributed by atoms with E-state index < -0.39 is 5.97 Å². The Hall–Kier alpha value is -2.30. The maximum absolute atomic E-state index is 10.9. The molecular weight excluding hydrogens is 260 g/mol. The molecule has 0 bridgehead atoms. The maximum atomic E-state index is 10.9. The van der Waals surface area contributed by atoms with Gasteiger partial charge in [-0.05, 0) is 25.0 Å². The fraction of sp³-hybridized carbons (Fsp3) is 0.333. The van der Waals surface area contributed by atoms with E-state index in [1.165, 1.54) is 0 Å². The Labute approximate surface area is 117 Å². The first kappa shape index (κ1) is 15.8. The van der Waals surface area contributed by atoms with Gasteiger partial charge in [0, 0.05) is 12.5 Å². The van der Waals surface area contributed by atoms with E-state index in [9.17, 15) is 9.59 Å². The van der Waals surface area contributed by atoms with E-state index in [0.29, 0.717) is 43.1 Å². The predicted molar refractivity (Wildman–Crippen MR) is 74.5 cm³/mol. The molecule has 0 aliphatic carbocycles. The van der Waals surface area contributed by atoms with Gasteiger partial charge >= 0.3 is 5.97 Å². The van der Waals surface area contributed by atoms with Gasteiger partial charge in [0.25, 0.3) is 0 Å². The molecule has 0 fully saturated rings. The third-order valence-electron chi connectivity index (χ3n) is 2.52. The third-order valence-corrected chi connectivity index (χ3v) is 2.52. The monoisotopic (exact) mass is 278 g/mol. The number of aliphatic carboxylic acids is 1. The van der Waals surface area contributed by atoms with Gasteiger partial charge in [-0.1, -0.05) is 12.7 Å². The topological polar surface area (TPSA) is 72.8 Å². The van der Waals surface area contributed by atoms with Gasteiger partial charge in [0.05, 0.1) is 12.2 Å². The number of unbranched alkanes of at least 4 members (excludes halogenated alkanes) is 1. The number of rotatable bonds is 10. The molecule has 0 spiro atoms. The van der Waals surface area contributed by atoms with E-state index in [1.54, 1.807) is 24.3 Å². The Balaban J connectivity index is 2.51. The molecule has 1 aromatic rings. The normalized spacial score (nSPS) is 9.80. The molecule has 5 nitrogen and oxygen atoms in total. The first-order valence-electron chi connectivity index (χ1n) is 6.35. The van der Waals surface area contributed by atoms with Crippen molar-refractivity contribution in [3.63, 3.8) is 0 Å². The standard InChI is InChI=1S/C15H18O5/c1-2-8-20-14-10-13(7-6-12(14)11-16)19-9-4-3-5-15(17)18/h2,6-7,10-11H,1,3-5,8-9H2,(H,17,18). The molecule has 0 unspecified atom stereocenters. The number of carbonyl (C=O) groups is 2. The van der Waals surface area contributed by atoms with E-state index in [0.717, 1.165) is 6.29 Å². The Morgan fingerprint density at radius 2 is 2.10 bits per heavy atom. The summed E-state index contributed by atoms with van der Waals surface area (Å²) in [6.07, 6.45) is 3.68. The summed E-state index contributed by atoms with van der Waals surface area (Å²) in [4.78, 5) is 21.2. The lowest BCUT2D eigenvalue weighted by Gasteiger charge is -2.10. The molecule has 20 heavy (non-hydrogen) atoms. The van der Waals surface area contributed by atoms with E-state index in [-0.39, 0.29) is 6.42 Å². The minimum Gasteiger partial charge on any atom is -0.493 e. The van der Waals surface area contributed by atoms with Crippen molar-refractivity contribution in [1.82, 2.24) is 0 Å². The summed E-state index contributed by atoms with van der Waals surface area (Å²) >= 11 is 0. The van der Waals surface area contributed by atoms with Crippen molar-refractivity contribution in [2.45, 2.75) is 19.3 Å². The van der Waals surface area contributed by atoms with Crippen LogP contribution in [0.3, 0.4) is 0 Å². The second kappa shape index (κ2) is 8.74. The van der Waals surface area contributed by atoms with Crippen LogP contribution in [-0.4, -0.2) is 30.6 Å². The SMILES string of the molecule is C=CCOc1cc(OCCCCC(=O)O)ccc1C=O. The number of benzene rings is 1. The lowest BCUT2D eigenvalue weighted by molar-refractivity contribution is -0.137. The number of carboxylic acids is 1. The molecule has 0 radical (unpaired) electrons. The van der Waals surface area contributed by atoms with Crippen molar-refractivity contribution in [1.29, 1.82) is 0 Å². The highest BCUT2D eigenvalue weighted by molar-refractivity contribution is 5.79. The van der Waals surface area contributed by atoms with Gasteiger partial charge in [-0.3, -0.25) is 9.59 Å². The molecule has 0 heterocycles. The highest BCUT2D eigenvalue weighted by Gasteiger charge is 2.05. The molecule has 108 valence electrons. The number of ether oxygens (including phenoxy) is 2. The lowest BCUT2D eigenvalue weighted by Crippen LogP contribution is -2.02. The summed E-state index contributed by atoms with van der Waals surface area (Å²) in [5, 5.41) is 8.51. The first-order valence-corrected chi connectivity index (χ1v) is 6.35. The summed E-state index contributed by atoms with van der Waals surface area (Å²) in [5.41, 5.74) is 0.449. The van der Waals surface area contributed by atoms with Crippen molar-refractivity contribution in [3.8, 4) is 11.5 Å². The van der Waals surface area contributed by atoms with Crippen LogP contribution in [0, 0.1) is 0 Å². The summed E-state index contributed by atoms with van der Waals surface area (Å²) in [5.74, 6) is 0.230. The van der Waals surface area contributed by atoms with Crippen LogP contribution in [0.15, 0.2) is 30.9 Å². The Kier molecular flexibility index (Phi) is 6.89. The molecule has 5 heteroatoms. The molecule has 0 aromatic heterocycles. The van der Waals surface area contributed by atoms with Gasteiger partial charge in [0.1, 0.15) is 18.1 Å². The molecule has 1 rings (SSSR count). The number of carbonyl (C=O) groups excluding carboxylic acids is 1. The average molecular weight is 278 g/mol. The largest absolute Gasteiger partial charge is 0.493 e. The van der Waals surface area contributed by atoms with Crippen LogP contribution in [0.1, 0.15) is 29.6 Å². The lowest BCUT2D eigenvalue weighted by atomic mass is 10.2.